The van der Waals surface area contributed by atoms with Gasteiger partial charge in [0.1, 0.15) is 5.54 Å². The molecule has 0 spiro atoms. The van der Waals surface area contributed by atoms with Gasteiger partial charge in [-0.1, -0.05) is 6.92 Å². The van der Waals surface area contributed by atoms with Gasteiger partial charge >= 0.3 is 5.97 Å². The second kappa shape index (κ2) is 9.38. The van der Waals surface area contributed by atoms with Gasteiger partial charge in [0.15, 0.2) is 0 Å². The fraction of sp³-hybridized carbons (Fsp3) is 0.938. The van der Waals surface area contributed by atoms with Crippen molar-refractivity contribution in [3.05, 3.63) is 0 Å². The molecule has 2 atom stereocenters. The van der Waals surface area contributed by atoms with Crippen LogP contribution < -0.4 is 5.32 Å². The smallest absolute Gasteiger partial charge is 0.326 e. The van der Waals surface area contributed by atoms with Gasteiger partial charge in [-0.3, -0.25) is 4.79 Å². The van der Waals surface area contributed by atoms with Crippen molar-refractivity contribution in [2.75, 3.05) is 39.4 Å². The van der Waals surface area contributed by atoms with Crippen molar-refractivity contribution in [2.24, 2.45) is 0 Å². The number of rotatable bonds is 8. The molecule has 124 valence electrons. The van der Waals surface area contributed by atoms with E-state index < -0.39 is 5.54 Å². The Morgan fingerprint density at radius 3 is 2.90 bits per heavy atom. The third kappa shape index (κ3) is 6.32. The van der Waals surface area contributed by atoms with Crippen LogP contribution in [0, 0.1) is 0 Å². The lowest BCUT2D eigenvalue weighted by atomic mass is 9.97. The summed E-state index contributed by atoms with van der Waals surface area (Å²) in [6.07, 6.45) is 3.09. The summed E-state index contributed by atoms with van der Waals surface area (Å²) in [5.74, 6) is -0.141. The van der Waals surface area contributed by atoms with Crippen LogP contribution in [0.5, 0.6) is 0 Å². The van der Waals surface area contributed by atoms with E-state index in [1.54, 1.807) is 0 Å². The van der Waals surface area contributed by atoms with Crippen molar-refractivity contribution in [2.45, 2.75) is 58.6 Å². The number of hydrogen-bond acceptors (Lipinski definition) is 5. The maximum atomic E-state index is 12.2. The average molecular weight is 300 g/mol. The number of ether oxygens (including phenoxy) is 2. The fourth-order valence-electron chi connectivity index (χ4n) is 2.62. The van der Waals surface area contributed by atoms with Gasteiger partial charge in [0.25, 0.3) is 0 Å². The first kappa shape index (κ1) is 18.4. The van der Waals surface area contributed by atoms with Crippen LogP contribution in [0.4, 0.5) is 0 Å². The molecule has 0 aromatic rings. The van der Waals surface area contributed by atoms with E-state index in [9.17, 15) is 4.79 Å². The minimum absolute atomic E-state index is 0.141. The second-order valence-electron chi connectivity index (χ2n) is 6.06. The molecule has 0 radical (unpaired) electrons. The molecule has 0 saturated carbocycles. The predicted octanol–water partition coefficient (Wildman–Crippen LogP) is 1.81. The van der Waals surface area contributed by atoms with Crippen LogP contribution in [0.2, 0.25) is 0 Å². The van der Waals surface area contributed by atoms with E-state index in [0.717, 1.165) is 52.0 Å². The minimum Gasteiger partial charge on any atom is -0.465 e. The summed E-state index contributed by atoms with van der Waals surface area (Å²) in [6, 6.07) is 0. The van der Waals surface area contributed by atoms with E-state index in [4.69, 9.17) is 9.47 Å². The van der Waals surface area contributed by atoms with Gasteiger partial charge in [-0.15, -0.1) is 0 Å². The van der Waals surface area contributed by atoms with Crippen LogP contribution in [-0.4, -0.2) is 61.9 Å². The molecule has 1 N–H and O–H groups in total. The molecule has 1 aliphatic heterocycles. The lowest BCUT2D eigenvalue weighted by Crippen LogP contribution is -2.52. The number of nitrogens with zero attached hydrogens (tertiary/aromatic N) is 1. The quantitative estimate of drug-likeness (QED) is 0.693. The highest BCUT2D eigenvalue weighted by Gasteiger charge is 2.34. The Labute approximate surface area is 129 Å². The van der Waals surface area contributed by atoms with Crippen molar-refractivity contribution in [1.29, 1.82) is 0 Å². The van der Waals surface area contributed by atoms with Crippen molar-refractivity contribution >= 4 is 5.97 Å². The summed E-state index contributed by atoms with van der Waals surface area (Å²) < 4.78 is 10.9. The van der Waals surface area contributed by atoms with Gasteiger partial charge in [0.05, 0.1) is 12.7 Å². The second-order valence-corrected chi connectivity index (χ2v) is 6.06. The number of carbonyl (C=O) groups excluding carboxylic acids is 1. The molecule has 1 heterocycles. The number of carbonyl (C=O) groups is 1. The lowest BCUT2D eigenvalue weighted by Gasteiger charge is -2.31. The van der Waals surface area contributed by atoms with E-state index in [1.165, 1.54) is 0 Å². The zero-order valence-corrected chi connectivity index (χ0v) is 14.1. The molecule has 0 aliphatic carbocycles. The Bertz CT molecular complexity index is 312. The van der Waals surface area contributed by atoms with Crippen molar-refractivity contribution < 1.29 is 14.3 Å². The summed E-state index contributed by atoms with van der Waals surface area (Å²) in [6.45, 7) is 13.0. The number of nitrogens with one attached hydrogen (secondary N) is 1. The molecule has 0 bridgehead atoms. The molecule has 0 aromatic heterocycles. The third-order valence-corrected chi connectivity index (χ3v) is 3.96. The summed E-state index contributed by atoms with van der Waals surface area (Å²) in [7, 11) is 0. The molecule has 1 rings (SSSR count). The minimum atomic E-state index is -0.595. The first-order valence-electron chi connectivity index (χ1n) is 8.28. The maximum absolute atomic E-state index is 12.2. The molecule has 1 saturated heterocycles. The van der Waals surface area contributed by atoms with E-state index in [1.807, 2.05) is 13.8 Å². The zero-order valence-electron chi connectivity index (χ0n) is 14.1. The van der Waals surface area contributed by atoms with Gasteiger partial charge in [-0.25, -0.2) is 0 Å². The van der Waals surface area contributed by atoms with Crippen LogP contribution in [0.1, 0.15) is 47.0 Å². The molecule has 5 heteroatoms. The number of hydrogen-bond donors (Lipinski definition) is 1. The summed E-state index contributed by atoms with van der Waals surface area (Å²) in [5.41, 5.74) is -0.595. The van der Waals surface area contributed by atoms with Gasteiger partial charge in [-0.05, 0) is 46.6 Å². The molecule has 0 aromatic carbocycles. The predicted molar refractivity (Wildman–Crippen MR) is 84.4 cm³/mol. The van der Waals surface area contributed by atoms with E-state index in [-0.39, 0.29) is 12.1 Å². The monoisotopic (exact) mass is 300 g/mol. The Morgan fingerprint density at radius 1 is 1.48 bits per heavy atom. The van der Waals surface area contributed by atoms with Crippen LogP contribution >= 0.6 is 0 Å². The van der Waals surface area contributed by atoms with Crippen LogP contribution in [0.3, 0.4) is 0 Å². The van der Waals surface area contributed by atoms with Gasteiger partial charge < -0.3 is 19.7 Å². The molecule has 21 heavy (non-hydrogen) atoms. The lowest BCUT2D eigenvalue weighted by molar-refractivity contribution is -0.151. The van der Waals surface area contributed by atoms with Crippen molar-refractivity contribution in [1.82, 2.24) is 10.2 Å². The molecular weight excluding hydrogens is 268 g/mol. The van der Waals surface area contributed by atoms with Gasteiger partial charge in [-0.2, -0.15) is 0 Å². The first-order chi connectivity index (χ1) is 10.0. The molecule has 1 fully saturated rings. The Morgan fingerprint density at radius 2 is 2.24 bits per heavy atom. The van der Waals surface area contributed by atoms with E-state index in [2.05, 4.69) is 24.1 Å². The summed E-state index contributed by atoms with van der Waals surface area (Å²) in [5, 5.41) is 3.36. The molecule has 0 amide bonds. The highest BCUT2D eigenvalue weighted by Crippen LogP contribution is 2.15. The van der Waals surface area contributed by atoms with Gasteiger partial charge in [0, 0.05) is 26.2 Å². The SMILES string of the molecule is CCCNC(C)(CCN1CCCOC(C)C1)C(=O)OCC. The normalized spacial score (nSPS) is 23.3. The zero-order chi connectivity index (χ0) is 15.7. The molecular formula is C16H32N2O3. The summed E-state index contributed by atoms with van der Waals surface area (Å²) >= 11 is 0. The first-order valence-corrected chi connectivity index (χ1v) is 8.28. The van der Waals surface area contributed by atoms with E-state index in [0.29, 0.717) is 6.61 Å². The molecule has 1 aliphatic rings. The third-order valence-electron chi connectivity index (χ3n) is 3.96. The Balaban J connectivity index is 2.56. The molecule has 2 unspecified atom stereocenters. The Hall–Kier alpha value is -0.650. The maximum Gasteiger partial charge on any atom is 0.326 e. The van der Waals surface area contributed by atoms with Crippen LogP contribution in [-0.2, 0) is 14.3 Å². The standard InChI is InChI=1S/C16H32N2O3/c1-5-9-17-16(4,15(19)20-6-2)8-11-18-10-7-12-21-14(3)13-18/h14,17H,5-13H2,1-4H3. The fourth-order valence-corrected chi connectivity index (χ4v) is 2.62. The largest absolute Gasteiger partial charge is 0.465 e. The van der Waals surface area contributed by atoms with E-state index >= 15 is 0 Å². The van der Waals surface area contributed by atoms with Crippen LogP contribution in [0.15, 0.2) is 0 Å². The Kier molecular flexibility index (Phi) is 8.22. The topological polar surface area (TPSA) is 50.8 Å². The number of esters is 1. The molecule has 5 nitrogen and oxygen atoms in total. The average Bonchev–Trinajstić information content (AvgIpc) is 2.67. The van der Waals surface area contributed by atoms with Gasteiger partial charge in [0.2, 0.25) is 0 Å². The van der Waals surface area contributed by atoms with Crippen molar-refractivity contribution in [3.63, 3.8) is 0 Å². The summed E-state index contributed by atoms with van der Waals surface area (Å²) in [4.78, 5) is 14.6. The van der Waals surface area contributed by atoms with Crippen molar-refractivity contribution in [3.8, 4) is 0 Å². The highest BCUT2D eigenvalue weighted by atomic mass is 16.5. The van der Waals surface area contributed by atoms with Crippen LogP contribution in [0.25, 0.3) is 0 Å². The highest BCUT2D eigenvalue weighted by molar-refractivity contribution is 5.80.